The van der Waals surface area contributed by atoms with Gasteiger partial charge in [-0.1, -0.05) is 115 Å². The summed E-state index contributed by atoms with van der Waals surface area (Å²) >= 11 is 3.84. The molecule has 0 radical (unpaired) electrons. The molecule has 0 fully saturated rings. The van der Waals surface area contributed by atoms with Gasteiger partial charge in [-0.3, -0.25) is 0 Å². The third-order valence-electron chi connectivity index (χ3n) is 9.03. The second-order valence-corrected chi connectivity index (χ2v) is 13.3. The fourth-order valence-corrected chi connectivity index (χ4v) is 9.78. The Bertz CT molecular complexity index is 2740. The van der Waals surface area contributed by atoms with Crippen molar-refractivity contribution in [3.8, 4) is 11.1 Å². The van der Waals surface area contributed by atoms with Crippen LogP contribution >= 0.6 is 22.7 Å². The topological polar surface area (TPSA) is 0 Å². The molecule has 194 valence electrons. The van der Waals surface area contributed by atoms with Crippen molar-refractivity contribution in [3.63, 3.8) is 0 Å². The third-order valence-corrected chi connectivity index (χ3v) is 11.4. The Morgan fingerprint density at radius 3 is 1.64 bits per heavy atom. The van der Waals surface area contributed by atoms with E-state index >= 15 is 0 Å². The van der Waals surface area contributed by atoms with Crippen LogP contribution in [-0.4, -0.2) is 0 Å². The summed E-state index contributed by atoms with van der Waals surface area (Å²) in [7, 11) is 0. The summed E-state index contributed by atoms with van der Waals surface area (Å²) in [6.07, 6.45) is 0. The first-order chi connectivity index (χ1) is 20.8. The first-order valence-electron chi connectivity index (χ1n) is 14.4. The van der Waals surface area contributed by atoms with Crippen molar-refractivity contribution in [1.82, 2.24) is 0 Å². The van der Waals surface area contributed by atoms with Crippen LogP contribution in [0.1, 0.15) is 0 Å². The van der Waals surface area contributed by atoms with Crippen molar-refractivity contribution in [2.45, 2.75) is 0 Å². The molecule has 0 unspecified atom stereocenters. The van der Waals surface area contributed by atoms with E-state index in [9.17, 15) is 0 Å². The monoisotopic (exact) mass is 566 g/mol. The molecule has 0 atom stereocenters. The second-order valence-electron chi connectivity index (χ2n) is 11.2. The van der Waals surface area contributed by atoms with Gasteiger partial charge in [-0.25, -0.2) is 0 Å². The Kier molecular flexibility index (Phi) is 4.57. The van der Waals surface area contributed by atoms with Crippen LogP contribution < -0.4 is 0 Å². The van der Waals surface area contributed by atoms with E-state index in [1.54, 1.807) is 0 Å². The van der Waals surface area contributed by atoms with Crippen molar-refractivity contribution < 1.29 is 0 Å². The zero-order valence-corrected chi connectivity index (χ0v) is 24.2. The normalized spacial score (nSPS) is 12.3. The molecule has 0 spiro atoms. The van der Waals surface area contributed by atoms with Crippen molar-refractivity contribution >= 4 is 106 Å². The van der Waals surface area contributed by atoms with Gasteiger partial charge in [-0.05, 0) is 67.0 Å². The second kappa shape index (κ2) is 8.39. The average molecular weight is 567 g/mol. The minimum absolute atomic E-state index is 1.27. The van der Waals surface area contributed by atoms with Crippen LogP contribution in [-0.2, 0) is 0 Å². The van der Waals surface area contributed by atoms with Crippen LogP contribution in [0.4, 0.5) is 0 Å². The largest absolute Gasteiger partial charge is 0.135 e. The molecule has 10 rings (SSSR count). The Morgan fingerprint density at radius 2 is 0.857 bits per heavy atom. The van der Waals surface area contributed by atoms with Gasteiger partial charge in [0.15, 0.2) is 0 Å². The van der Waals surface area contributed by atoms with Gasteiger partial charge in [-0.15, -0.1) is 22.7 Å². The van der Waals surface area contributed by atoms with E-state index in [-0.39, 0.29) is 0 Å². The first kappa shape index (κ1) is 22.9. The zero-order valence-electron chi connectivity index (χ0n) is 22.5. The summed E-state index contributed by atoms with van der Waals surface area (Å²) in [5.41, 5.74) is 2.58. The standard InChI is InChI=1S/C40H22S2/c1-2-12-27-25(10-1)33-22-23(24-16-9-17-31-26-11-5-7-18-34(26)41-39(24)31)20-21-30(33)36-28-13-3-4-14-29(28)37-32-15-6-8-19-35(32)42-40(37)38(27)36/h1-22H. The maximum Gasteiger partial charge on any atom is 0.0446 e. The lowest BCUT2D eigenvalue weighted by atomic mass is 9.88. The minimum Gasteiger partial charge on any atom is -0.135 e. The van der Waals surface area contributed by atoms with Gasteiger partial charge in [0.05, 0.1) is 0 Å². The van der Waals surface area contributed by atoms with E-state index in [2.05, 4.69) is 133 Å². The van der Waals surface area contributed by atoms with Crippen LogP contribution in [0.5, 0.6) is 0 Å². The molecule has 0 aliphatic heterocycles. The molecule has 0 saturated heterocycles. The Labute approximate surface area is 249 Å². The number of hydrogen-bond donors (Lipinski definition) is 0. The van der Waals surface area contributed by atoms with Crippen LogP contribution in [0.15, 0.2) is 133 Å². The average Bonchev–Trinajstić information content (AvgIpc) is 3.63. The molecule has 0 saturated carbocycles. The van der Waals surface area contributed by atoms with Gasteiger partial charge in [0.2, 0.25) is 0 Å². The summed E-state index contributed by atoms with van der Waals surface area (Å²) in [6, 6.07) is 49.7. The van der Waals surface area contributed by atoms with Crippen molar-refractivity contribution in [3.05, 3.63) is 133 Å². The maximum atomic E-state index is 2.44. The third kappa shape index (κ3) is 2.96. The molecule has 0 aliphatic carbocycles. The fourth-order valence-electron chi connectivity index (χ4n) is 7.26. The van der Waals surface area contributed by atoms with Crippen LogP contribution in [0.3, 0.4) is 0 Å². The van der Waals surface area contributed by atoms with Gasteiger partial charge < -0.3 is 0 Å². The van der Waals surface area contributed by atoms with Crippen LogP contribution in [0.25, 0.3) is 94.6 Å². The number of thiophene rings is 2. The van der Waals surface area contributed by atoms with E-state index in [0.717, 1.165) is 0 Å². The van der Waals surface area contributed by atoms with Gasteiger partial charge in [0.25, 0.3) is 0 Å². The van der Waals surface area contributed by atoms with Gasteiger partial charge in [0, 0.05) is 45.7 Å². The van der Waals surface area contributed by atoms with Crippen molar-refractivity contribution in [2.24, 2.45) is 0 Å². The van der Waals surface area contributed by atoms with E-state index in [1.807, 2.05) is 22.7 Å². The SMILES string of the molecule is c1ccc2c(c1)sc1c(-c3ccc4c(c3)c3ccccc3c3c5sc6ccccc6c5c5ccccc5c43)cccc12. The minimum atomic E-state index is 1.27. The number of benzene rings is 8. The molecular weight excluding hydrogens is 545 g/mol. The predicted octanol–water partition coefficient (Wildman–Crippen LogP) is 12.7. The highest BCUT2D eigenvalue weighted by atomic mass is 32.1. The quantitative estimate of drug-likeness (QED) is 0.173. The molecule has 0 N–H and O–H groups in total. The lowest BCUT2D eigenvalue weighted by Crippen LogP contribution is -1.88. The Balaban J connectivity index is 1.40. The summed E-state index contributed by atoms with van der Waals surface area (Å²) in [4.78, 5) is 0. The molecule has 8 aromatic carbocycles. The van der Waals surface area contributed by atoms with Gasteiger partial charge in [0.1, 0.15) is 0 Å². The van der Waals surface area contributed by atoms with Crippen molar-refractivity contribution in [2.75, 3.05) is 0 Å². The highest BCUT2D eigenvalue weighted by Crippen LogP contribution is 2.49. The molecule has 10 aromatic rings. The first-order valence-corrected chi connectivity index (χ1v) is 16.0. The molecule has 0 amide bonds. The van der Waals surface area contributed by atoms with E-state index in [1.165, 1.54) is 94.6 Å². The van der Waals surface area contributed by atoms with E-state index < -0.39 is 0 Å². The molecule has 42 heavy (non-hydrogen) atoms. The molecule has 0 nitrogen and oxygen atoms in total. The molecule has 2 heterocycles. The molecule has 2 aromatic heterocycles. The summed E-state index contributed by atoms with van der Waals surface area (Å²) in [5, 5.41) is 16.1. The van der Waals surface area contributed by atoms with E-state index in [0.29, 0.717) is 0 Å². The maximum absolute atomic E-state index is 2.44. The summed E-state index contributed by atoms with van der Waals surface area (Å²) in [5.74, 6) is 0. The molecule has 0 aliphatic rings. The molecular formula is C40H22S2. The lowest BCUT2D eigenvalue weighted by Gasteiger charge is -2.16. The van der Waals surface area contributed by atoms with Gasteiger partial charge in [-0.2, -0.15) is 0 Å². The highest BCUT2D eigenvalue weighted by molar-refractivity contribution is 7.27. The lowest BCUT2D eigenvalue weighted by molar-refractivity contribution is 1.73. The number of hydrogen-bond acceptors (Lipinski definition) is 2. The zero-order chi connectivity index (χ0) is 27.4. The fraction of sp³-hybridized carbons (Fsp3) is 0. The highest BCUT2D eigenvalue weighted by Gasteiger charge is 2.19. The summed E-state index contributed by atoms with van der Waals surface area (Å²) in [6.45, 7) is 0. The van der Waals surface area contributed by atoms with Crippen molar-refractivity contribution in [1.29, 1.82) is 0 Å². The van der Waals surface area contributed by atoms with Crippen LogP contribution in [0.2, 0.25) is 0 Å². The molecule has 0 bridgehead atoms. The smallest absolute Gasteiger partial charge is 0.0446 e. The number of rotatable bonds is 1. The Morgan fingerprint density at radius 1 is 0.310 bits per heavy atom. The number of fused-ring (bicyclic) bond motifs is 16. The molecule has 2 heteroatoms. The van der Waals surface area contributed by atoms with Gasteiger partial charge >= 0.3 is 0 Å². The van der Waals surface area contributed by atoms with Crippen LogP contribution in [0, 0.1) is 0 Å². The predicted molar refractivity (Wildman–Crippen MR) is 188 cm³/mol. The van der Waals surface area contributed by atoms with E-state index in [4.69, 9.17) is 0 Å². The summed E-state index contributed by atoms with van der Waals surface area (Å²) < 4.78 is 5.44. The Hall–Kier alpha value is -4.76.